The fourth-order valence-electron chi connectivity index (χ4n) is 11.9. The molecule has 11 aromatic carbocycles. The van der Waals surface area contributed by atoms with Crippen molar-refractivity contribution in [1.82, 2.24) is 19.1 Å². The van der Waals surface area contributed by atoms with Crippen LogP contribution >= 0.6 is 22.7 Å². The van der Waals surface area contributed by atoms with Gasteiger partial charge in [-0.15, -0.1) is 22.7 Å². The van der Waals surface area contributed by atoms with Gasteiger partial charge < -0.3 is 9.13 Å². The first-order valence-corrected chi connectivity index (χ1v) is 27.3. The van der Waals surface area contributed by atoms with E-state index in [9.17, 15) is 0 Å². The van der Waals surface area contributed by atoms with Crippen molar-refractivity contribution in [3.8, 4) is 67.5 Å². The average Bonchev–Trinajstić information content (AvgIpc) is 4.34. The lowest BCUT2D eigenvalue weighted by atomic mass is 9.98. The third-order valence-corrected chi connectivity index (χ3v) is 17.6. The third-order valence-electron chi connectivity index (χ3n) is 15.3. The summed E-state index contributed by atoms with van der Waals surface area (Å²) in [5, 5.41) is 10.0. The van der Waals surface area contributed by atoms with Crippen LogP contribution in [0.15, 0.2) is 255 Å². The highest BCUT2D eigenvalue weighted by Gasteiger charge is 2.22. The Morgan fingerprint density at radius 2 is 0.684 bits per heavy atom. The van der Waals surface area contributed by atoms with E-state index >= 15 is 0 Å². The summed E-state index contributed by atoms with van der Waals surface area (Å²) in [4.78, 5) is 10.7. The smallest absolute Gasteiger partial charge is 0.160 e. The van der Waals surface area contributed by atoms with Gasteiger partial charge in [0.2, 0.25) is 0 Å². The largest absolute Gasteiger partial charge is 0.309 e. The summed E-state index contributed by atoms with van der Waals surface area (Å²) >= 11 is 3.73. The molecule has 0 amide bonds. The van der Waals surface area contributed by atoms with Crippen LogP contribution in [0.1, 0.15) is 0 Å². The second-order valence-electron chi connectivity index (χ2n) is 19.7. The standard InChI is InChI=1S/C70H42N4S2/c1-3-17-43(18-4-1)58-42-59(72-70(71-58)44-19-5-2-6-20-44)47-37-48(73-60-27-11-7-21-52(60)56-39-45(33-35-62(56)73)50-25-15-31-66-68(50)54-23-9-13-29-64(54)75-66)41-49(38-47)74-61-28-12-8-22-53(61)57-40-46(34-36-63(57)74)51-26-16-32-67-69(51)55-24-10-14-30-65(55)76-67/h1-42H. The highest BCUT2D eigenvalue weighted by molar-refractivity contribution is 7.26. The molecule has 0 aliphatic carbocycles. The molecule has 5 heterocycles. The number of nitrogens with zero attached hydrogens (tertiary/aromatic N) is 4. The third kappa shape index (κ3) is 6.75. The van der Waals surface area contributed by atoms with Crippen LogP contribution in [-0.4, -0.2) is 19.1 Å². The molecule has 0 N–H and O–H groups in total. The van der Waals surface area contributed by atoms with Gasteiger partial charge in [-0.1, -0.05) is 170 Å². The number of fused-ring (bicyclic) bond motifs is 12. The molecular formula is C70H42N4S2. The Bertz CT molecular complexity index is 4690. The molecule has 354 valence electrons. The zero-order chi connectivity index (χ0) is 49.8. The first-order valence-electron chi connectivity index (χ1n) is 25.7. The lowest BCUT2D eigenvalue weighted by molar-refractivity contribution is 1.13. The molecule has 4 nitrogen and oxygen atoms in total. The van der Waals surface area contributed by atoms with Crippen molar-refractivity contribution < 1.29 is 0 Å². The Balaban J connectivity index is 0.955. The number of para-hydroxylation sites is 2. The number of hydrogen-bond donors (Lipinski definition) is 0. The Hall–Kier alpha value is -9.46. The second kappa shape index (κ2) is 17.0. The molecule has 0 aliphatic rings. The maximum Gasteiger partial charge on any atom is 0.160 e. The van der Waals surface area contributed by atoms with E-state index in [-0.39, 0.29) is 0 Å². The number of benzene rings is 11. The van der Waals surface area contributed by atoms with Crippen molar-refractivity contribution in [2.24, 2.45) is 0 Å². The topological polar surface area (TPSA) is 35.6 Å². The highest BCUT2D eigenvalue weighted by atomic mass is 32.1. The number of hydrogen-bond acceptors (Lipinski definition) is 4. The molecule has 0 saturated carbocycles. The maximum absolute atomic E-state index is 5.44. The predicted molar refractivity (Wildman–Crippen MR) is 324 cm³/mol. The van der Waals surface area contributed by atoms with Crippen molar-refractivity contribution in [2.45, 2.75) is 0 Å². The molecule has 0 radical (unpaired) electrons. The molecule has 5 aromatic heterocycles. The molecule has 0 unspecified atom stereocenters. The average molecular weight is 1000 g/mol. The molecule has 0 aliphatic heterocycles. The van der Waals surface area contributed by atoms with E-state index in [0.29, 0.717) is 5.82 Å². The summed E-state index contributed by atoms with van der Waals surface area (Å²) in [6, 6.07) is 92.9. The maximum atomic E-state index is 5.44. The van der Waals surface area contributed by atoms with Gasteiger partial charge in [0, 0.05) is 90.0 Å². The van der Waals surface area contributed by atoms with E-state index in [1.54, 1.807) is 0 Å². The van der Waals surface area contributed by atoms with E-state index in [2.05, 4.69) is 258 Å². The van der Waals surface area contributed by atoms with Crippen LogP contribution in [0.4, 0.5) is 0 Å². The molecule has 0 bridgehead atoms. The molecule has 0 atom stereocenters. The summed E-state index contributed by atoms with van der Waals surface area (Å²) in [6.07, 6.45) is 0. The minimum Gasteiger partial charge on any atom is -0.309 e. The Labute approximate surface area is 445 Å². The second-order valence-corrected chi connectivity index (χ2v) is 21.8. The van der Waals surface area contributed by atoms with Crippen molar-refractivity contribution in [3.05, 3.63) is 255 Å². The van der Waals surface area contributed by atoms with Crippen LogP contribution in [-0.2, 0) is 0 Å². The predicted octanol–water partition coefficient (Wildman–Crippen LogP) is 19.7. The van der Waals surface area contributed by atoms with Crippen molar-refractivity contribution in [2.75, 3.05) is 0 Å². The minimum atomic E-state index is 0.680. The van der Waals surface area contributed by atoms with Gasteiger partial charge in [-0.3, -0.25) is 0 Å². The van der Waals surface area contributed by atoms with E-state index in [1.165, 1.54) is 84.1 Å². The Morgan fingerprint density at radius 1 is 0.263 bits per heavy atom. The van der Waals surface area contributed by atoms with E-state index in [4.69, 9.17) is 9.97 Å². The summed E-state index contributed by atoms with van der Waals surface area (Å²) in [7, 11) is 0. The van der Waals surface area contributed by atoms with Crippen LogP contribution in [0.25, 0.3) is 151 Å². The monoisotopic (exact) mass is 1000 g/mol. The quantitative estimate of drug-likeness (QED) is 0.159. The van der Waals surface area contributed by atoms with Crippen molar-refractivity contribution in [1.29, 1.82) is 0 Å². The molecule has 0 saturated heterocycles. The van der Waals surface area contributed by atoms with Crippen LogP contribution in [0.2, 0.25) is 0 Å². The van der Waals surface area contributed by atoms with Crippen LogP contribution < -0.4 is 0 Å². The normalized spacial score (nSPS) is 11.9. The lowest BCUT2D eigenvalue weighted by Crippen LogP contribution is -2.01. The van der Waals surface area contributed by atoms with Crippen LogP contribution in [0.5, 0.6) is 0 Å². The molecule has 0 fully saturated rings. The van der Waals surface area contributed by atoms with Gasteiger partial charge >= 0.3 is 0 Å². The summed E-state index contributed by atoms with van der Waals surface area (Å²) in [6.45, 7) is 0. The first-order chi connectivity index (χ1) is 37.7. The first kappa shape index (κ1) is 43.0. The number of aromatic nitrogens is 4. The van der Waals surface area contributed by atoms with E-state index in [0.717, 1.165) is 61.5 Å². The number of rotatable bonds is 7. The fourth-order valence-corrected chi connectivity index (χ4v) is 14.2. The zero-order valence-corrected chi connectivity index (χ0v) is 42.5. The van der Waals surface area contributed by atoms with Gasteiger partial charge in [-0.25, -0.2) is 9.97 Å². The number of thiophene rings is 2. The zero-order valence-electron chi connectivity index (χ0n) is 40.9. The van der Waals surface area contributed by atoms with Crippen LogP contribution in [0, 0.1) is 0 Å². The molecule has 0 spiro atoms. The Kier molecular flexibility index (Phi) is 9.64. The Morgan fingerprint density at radius 3 is 1.21 bits per heavy atom. The molecule has 16 aromatic rings. The lowest BCUT2D eigenvalue weighted by Gasteiger charge is -2.17. The molecule has 16 rings (SSSR count). The van der Waals surface area contributed by atoms with E-state index in [1.807, 2.05) is 28.7 Å². The summed E-state index contributed by atoms with van der Waals surface area (Å²) < 4.78 is 10.1. The molecular weight excluding hydrogens is 961 g/mol. The summed E-state index contributed by atoms with van der Waals surface area (Å²) in [5.41, 5.74) is 16.2. The molecule has 6 heteroatoms. The minimum absolute atomic E-state index is 0.680. The van der Waals surface area contributed by atoms with E-state index < -0.39 is 0 Å². The fraction of sp³-hybridized carbons (Fsp3) is 0. The van der Waals surface area contributed by atoms with Gasteiger partial charge in [0.1, 0.15) is 0 Å². The SMILES string of the molecule is c1ccc(-c2cc(-c3cc(-n4c5ccccc5c5cc(-c6cccc7sc8ccccc8c67)ccc54)cc(-n4c5ccccc5c5cc(-c6cccc7sc8ccccc8c67)ccc54)c3)nc(-c3ccccc3)n2)cc1. The van der Waals surface area contributed by atoms with Gasteiger partial charge in [-0.05, 0) is 107 Å². The summed E-state index contributed by atoms with van der Waals surface area (Å²) in [5.74, 6) is 0.680. The highest BCUT2D eigenvalue weighted by Crippen LogP contribution is 2.45. The van der Waals surface area contributed by atoms with Crippen LogP contribution in [0.3, 0.4) is 0 Å². The van der Waals surface area contributed by atoms with Gasteiger partial charge in [0.05, 0.1) is 33.5 Å². The van der Waals surface area contributed by atoms with Gasteiger partial charge in [0.25, 0.3) is 0 Å². The van der Waals surface area contributed by atoms with Crippen molar-refractivity contribution >= 4 is 107 Å². The van der Waals surface area contributed by atoms with Gasteiger partial charge in [-0.2, -0.15) is 0 Å². The van der Waals surface area contributed by atoms with Crippen molar-refractivity contribution in [3.63, 3.8) is 0 Å². The molecule has 76 heavy (non-hydrogen) atoms. The van der Waals surface area contributed by atoms with Gasteiger partial charge in [0.15, 0.2) is 5.82 Å².